The standard InChI is InChI=1S/C18H25N7/c1-11-8-20-17(25-10-18(9-19-2)6-13(25)7-18)22-16(11)21-15-5-14(23-24-15)12-3-4-12/h5,8,12-13,19H,3-4,6-7,9-10H2,1-2H3,(H2,20,21,22,23,24). The van der Waals surface area contributed by atoms with Crippen molar-refractivity contribution in [3.8, 4) is 0 Å². The van der Waals surface area contributed by atoms with E-state index >= 15 is 0 Å². The lowest BCUT2D eigenvalue weighted by atomic mass is 9.70. The molecule has 0 radical (unpaired) electrons. The maximum absolute atomic E-state index is 4.82. The van der Waals surface area contributed by atoms with E-state index in [-0.39, 0.29) is 0 Å². The quantitative estimate of drug-likeness (QED) is 0.749. The van der Waals surface area contributed by atoms with Gasteiger partial charge in [-0.15, -0.1) is 0 Å². The summed E-state index contributed by atoms with van der Waals surface area (Å²) in [4.78, 5) is 11.8. The van der Waals surface area contributed by atoms with E-state index in [9.17, 15) is 0 Å². The Labute approximate surface area is 147 Å². The van der Waals surface area contributed by atoms with Gasteiger partial charge in [-0.3, -0.25) is 5.10 Å². The molecule has 2 saturated heterocycles. The van der Waals surface area contributed by atoms with Gasteiger partial charge in [-0.05, 0) is 39.7 Å². The van der Waals surface area contributed by atoms with E-state index in [1.165, 1.54) is 31.4 Å². The summed E-state index contributed by atoms with van der Waals surface area (Å²) in [7, 11) is 2.04. The molecule has 2 aliphatic carbocycles. The van der Waals surface area contributed by atoms with E-state index in [1.807, 2.05) is 20.2 Å². The molecule has 0 atom stereocenters. The summed E-state index contributed by atoms with van der Waals surface area (Å²) in [5.41, 5.74) is 2.68. The van der Waals surface area contributed by atoms with Crippen LogP contribution in [0.3, 0.4) is 0 Å². The Morgan fingerprint density at radius 3 is 2.96 bits per heavy atom. The zero-order valence-corrected chi connectivity index (χ0v) is 14.8. The van der Waals surface area contributed by atoms with Crippen LogP contribution in [0.4, 0.5) is 17.6 Å². The first-order valence-corrected chi connectivity index (χ1v) is 9.23. The number of aromatic amines is 1. The van der Waals surface area contributed by atoms with E-state index in [0.717, 1.165) is 36.2 Å². The zero-order chi connectivity index (χ0) is 17.0. The second kappa shape index (κ2) is 5.42. The highest BCUT2D eigenvalue weighted by molar-refractivity contribution is 5.58. The number of hydrogen-bond acceptors (Lipinski definition) is 6. The maximum atomic E-state index is 4.82. The minimum absolute atomic E-state index is 0.419. The van der Waals surface area contributed by atoms with Crippen LogP contribution in [0, 0.1) is 12.3 Å². The van der Waals surface area contributed by atoms with Crippen LogP contribution in [0.25, 0.3) is 0 Å². The molecule has 7 heteroatoms. The third kappa shape index (κ3) is 2.57. The van der Waals surface area contributed by atoms with Crippen molar-refractivity contribution in [3.05, 3.63) is 23.5 Å². The lowest BCUT2D eigenvalue weighted by molar-refractivity contribution is 0.196. The normalized spacial score (nSPS) is 27.4. The van der Waals surface area contributed by atoms with Gasteiger partial charge in [-0.25, -0.2) is 4.98 Å². The minimum atomic E-state index is 0.419. The first kappa shape index (κ1) is 15.1. The van der Waals surface area contributed by atoms with Crippen molar-refractivity contribution in [2.24, 2.45) is 5.41 Å². The van der Waals surface area contributed by atoms with Crippen LogP contribution in [0.5, 0.6) is 0 Å². The van der Waals surface area contributed by atoms with Gasteiger partial charge in [0.2, 0.25) is 5.95 Å². The van der Waals surface area contributed by atoms with Gasteiger partial charge in [0.05, 0.1) is 0 Å². The molecule has 7 nitrogen and oxygen atoms in total. The van der Waals surface area contributed by atoms with Crippen molar-refractivity contribution in [1.82, 2.24) is 25.5 Å². The average Bonchev–Trinajstić information content (AvgIpc) is 3.06. The van der Waals surface area contributed by atoms with Crippen molar-refractivity contribution in [1.29, 1.82) is 0 Å². The molecule has 2 bridgehead atoms. The number of nitrogens with one attached hydrogen (secondary N) is 3. The van der Waals surface area contributed by atoms with Crippen molar-refractivity contribution in [2.75, 3.05) is 30.4 Å². The van der Waals surface area contributed by atoms with E-state index in [4.69, 9.17) is 4.98 Å². The van der Waals surface area contributed by atoms with E-state index in [0.29, 0.717) is 17.4 Å². The number of H-pyrrole nitrogens is 1. The van der Waals surface area contributed by atoms with Crippen LogP contribution >= 0.6 is 0 Å². The molecule has 2 aromatic heterocycles. The van der Waals surface area contributed by atoms with Crippen LogP contribution in [0.15, 0.2) is 12.3 Å². The number of rotatable bonds is 6. The van der Waals surface area contributed by atoms with Crippen LogP contribution in [0.1, 0.15) is 42.9 Å². The summed E-state index contributed by atoms with van der Waals surface area (Å²) in [6, 6.07) is 2.70. The van der Waals surface area contributed by atoms with Crippen molar-refractivity contribution in [3.63, 3.8) is 0 Å². The van der Waals surface area contributed by atoms with Gasteiger partial charge in [0.1, 0.15) is 5.82 Å². The fourth-order valence-corrected chi connectivity index (χ4v) is 4.41. The third-order valence-corrected chi connectivity index (χ3v) is 5.91. The second-order valence-electron chi connectivity index (χ2n) is 8.03. The van der Waals surface area contributed by atoms with Gasteiger partial charge in [-0.2, -0.15) is 10.1 Å². The van der Waals surface area contributed by atoms with Gasteiger partial charge in [0.15, 0.2) is 5.82 Å². The van der Waals surface area contributed by atoms with Gasteiger partial charge < -0.3 is 15.5 Å². The highest BCUT2D eigenvalue weighted by Gasteiger charge is 2.55. The number of aryl methyl sites for hydroxylation is 1. The SMILES string of the molecule is CNCC12CC(C1)N(c1ncc(C)c(Nc3cc(C4CC4)[nH]n3)n1)C2. The Morgan fingerprint density at radius 1 is 1.36 bits per heavy atom. The summed E-state index contributed by atoms with van der Waals surface area (Å²) in [5, 5.41) is 14.2. The lowest BCUT2D eigenvalue weighted by Crippen LogP contribution is -2.41. The first-order valence-electron chi connectivity index (χ1n) is 9.23. The summed E-state index contributed by atoms with van der Waals surface area (Å²) in [6.07, 6.45) is 6.95. The second-order valence-corrected chi connectivity index (χ2v) is 8.03. The number of aromatic nitrogens is 4. The lowest BCUT2D eigenvalue weighted by Gasteiger charge is -2.36. The molecule has 0 spiro atoms. The van der Waals surface area contributed by atoms with Crippen molar-refractivity contribution >= 4 is 17.6 Å². The van der Waals surface area contributed by atoms with Crippen molar-refractivity contribution in [2.45, 2.75) is 44.6 Å². The molecule has 2 saturated carbocycles. The fraction of sp³-hybridized carbons (Fsp3) is 0.611. The molecule has 2 aliphatic heterocycles. The van der Waals surface area contributed by atoms with Gasteiger partial charge in [0, 0.05) is 54.0 Å². The zero-order valence-electron chi connectivity index (χ0n) is 14.8. The summed E-state index contributed by atoms with van der Waals surface area (Å²) in [6.45, 7) is 4.16. The number of fused-ring (bicyclic) bond motifs is 1. The monoisotopic (exact) mass is 339 g/mol. The Bertz CT molecular complexity index is 788. The molecule has 4 heterocycles. The topological polar surface area (TPSA) is 81.8 Å². The first-order chi connectivity index (χ1) is 12.2. The van der Waals surface area contributed by atoms with E-state index in [2.05, 4.69) is 36.8 Å². The number of nitrogens with zero attached hydrogens (tertiary/aromatic N) is 4. The highest BCUT2D eigenvalue weighted by Crippen LogP contribution is 2.52. The van der Waals surface area contributed by atoms with Crippen molar-refractivity contribution < 1.29 is 0 Å². The highest BCUT2D eigenvalue weighted by atomic mass is 15.3. The van der Waals surface area contributed by atoms with E-state index in [1.54, 1.807) is 0 Å². The van der Waals surface area contributed by atoms with Crippen LogP contribution in [-0.4, -0.2) is 46.3 Å². The molecule has 25 heavy (non-hydrogen) atoms. The molecule has 0 amide bonds. The van der Waals surface area contributed by atoms with Gasteiger partial charge in [-0.1, -0.05) is 0 Å². The molecule has 6 rings (SSSR count). The summed E-state index contributed by atoms with van der Waals surface area (Å²) >= 11 is 0. The predicted octanol–water partition coefficient (Wildman–Crippen LogP) is 2.32. The van der Waals surface area contributed by atoms with Gasteiger partial charge in [0.25, 0.3) is 0 Å². The summed E-state index contributed by atoms with van der Waals surface area (Å²) < 4.78 is 0. The maximum Gasteiger partial charge on any atom is 0.227 e. The van der Waals surface area contributed by atoms with Crippen LogP contribution in [-0.2, 0) is 0 Å². The minimum Gasteiger partial charge on any atom is -0.337 e. The average molecular weight is 339 g/mol. The van der Waals surface area contributed by atoms with E-state index < -0.39 is 0 Å². The molecule has 2 aromatic rings. The van der Waals surface area contributed by atoms with Gasteiger partial charge >= 0.3 is 0 Å². The Kier molecular flexibility index (Phi) is 3.28. The molecule has 4 aliphatic rings. The number of hydrogen-bond donors (Lipinski definition) is 3. The predicted molar refractivity (Wildman–Crippen MR) is 97.3 cm³/mol. The molecular formula is C18H25N7. The Hall–Kier alpha value is -2.15. The van der Waals surface area contributed by atoms with Crippen LogP contribution < -0.4 is 15.5 Å². The molecule has 3 N–H and O–H groups in total. The summed E-state index contributed by atoms with van der Waals surface area (Å²) in [5.74, 6) is 3.20. The molecule has 132 valence electrons. The largest absolute Gasteiger partial charge is 0.337 e. The molecule has 0 aromatic carbocycles. The van der Waals surface area contributed by atoms with Crippen LogP contribution in [0.2, 0.25) is 0 Å². The Morgan fingerprint density at radius 2 is 2.20 bits per heavy atom. The molecule has 0 unspecified atom stereocenters. The molecule has 4 fully saturated rings. The third-order valence-electron chi connectivity index (χ3n) is 5.91. The smallest absolute Gasteiger partial charge is 0.227 e. The number of anilines is 3. The fourth-order valence-electron chi connectivity index (χ4n) is 4.41. The Balaban J connectivity index is 1.35. The molecular weight excluding hydrogens is 314 g/mol.